The lowest BCUT2D eigenvalue weighted by Gasteiger charge is -2.10. The van der Waals surface area contributed by atoms with Gasteiger partial charge >= 0.3 is 6.03 Å². The number of nitrogens with zero attached hydrogens (tertiary/aromatic N) is 2. The molecule has 0 aliphatic heterocycles. The second kappa shape index (κ2) is 9.05. The van der Waals surface area contributed by atoms with Crippen LogP contribution >= 0.6 is 15.9 Å². The van der Waals surface area contributed by atoms with Crippen LogP contribution in [0.15, 0.2) is 76.4 Å². The number of benzene rings is 2. The number of halogens is 1. The zero-order valence-electron chi connectivity index (χ0n) is 14.7. The van der Waals surface area contributed by atoms with Gasteiger partial charge in [0.05, 0.1) is 24.2 Å². The van der Waals surface area contributed by atoms with Gasteiger partial charge in [-0.15, -0.1) is 0 Å². The third-order valence-electron chi connectivity index (χ3n) is 3.68. The van der Waals surface area contributed by atoms with E-state index in [-0.39, 0.29) is 0 Å². The van der Waals surface area contributed by atoms with Crippen LogP contribution in [0.2, 0.25) is 0 Å². The minimum absolute atomic E-state index is 0.444. The minimum Gasteiger partial charge on any atom is -0.492 e. The summed E-state index contributed by atoms with van der Waals surface area (Å²) in [7, 11) is 0. The molecule has 0 unspecified atom stereocenters. The Morgan fingerprint density at radius 1 is 1.15 bits per heavy atom. The highest BCUT2D eigenvalue weighted by molar-refractivity contribution is 9.10. The lowest BCUT2D eigenvalue weighted by atomic mass is 10.3. The number of urea groups is 1. The molecule has 3 aromatic rings. The quantitative estimate of drug-likeness (QED) is 0.439. The Morgan fingerprint density at radius 3 is 2.70 bits per heavy atom. The molecular weight excluding hydrogens is 408 g/mol. The van der Waals surface area contributed by atoms with Crippen molar-refractivity contribution in [2.45, 2.75) is 6.92 Å². The largest absolute Gasteiger partial charge is 0.492 e. The van der Waals surface area contributed by atoms with Crippen molar-refractivity contribution in [3.63, 3.8) is 0 Å². The van der Waals surface area contributed by atoms with Crippen molar-refractivity contribution in [1.82, 2.24) is 9.99 Å². The highest BCUT2D eigenvalue weighted by Crippen LogP contribution is 2.23. The molecule has 7 heteroatoms. The predicted octanol–water partition coefficient (Wildman–Crippen LogP) is 4.79. The van der Waals surface area contributed by atoms with E-state index < -0.39 is 6.03 Å². The van der Waals surface area contributed by atoms with Crippen LogP contribution in [0.25, 0.3) is 5.69 Å². The normalized spacial score (nSPS) is 10.7. The molecule has 1 aromatic heterocycles. The molecular formula is C20H19BrN4O2. The number of carbonyl (C=O) groups excluding carboxylic acids is 1. The van der Waals surface area contributed by atoms with Gasteiger partial charge < -0.3 is 14.6 Å². The van der Waals surface area contributed by atoms with E-state index >= 15 is 0 Å². The van der Waals surface area contributed by atoms with E-state index in [1.54, 1.807) is 18.3 Å². The van der Waals surface area contributed by atoms with Gasteiger partial charge in [0.2, 0.25) is 0 Å². The minimum atomic E-state index is -0.444. The maximum absolute atomic E-state index is 12.1. The average molecular weight is 427 g/mol. The summed E-state index contributed by atoms with van der Waals surface area (Å²) in [4.78, 5) is 12.1. The summed E-state index contributed by atoms with van der Waals surface area (Å²) in [5, 5.41) is 6.76. The topological polar surface area (TPSA) is 67.7 Å². The fourth-order valence-corrected chi connectivity index (χ4v) is 2.76. The number of hydrogen-bond acceptors (Lipinski definition) is 3. The fraction of sp³-hybridized carbons (Fsp3) is 0.100. The molecule has 0 aliphatic rings. The van der Waals surface area contributed by atoms with Gasteiger partial charge in [0.15, 0.2) is 0 Å². The van der Waals surface area contributed by atoms with E-state index in [9.17, 15) is 4.79 Å². The van der Waals surface area contributed by atoms with Crippen LogP contribution in [0.4, 0.5) is 10.5 Å². The molecule has 2 amide bonds. The molecule has 27 heavy (non-hydrogen) atoms. The molecule has 138 valence electrons. The third kappa shape index (κ3) is 4.98. The summed E-state index contributed by atoms with van der Waals surface area (Å²) >= 11 is 3.43. The maximum Gasteiger partial charge on any atom is 0.339 e. The first kappa shape index (κ1) is 18.7. The van der Waals surface area contributed by atoms with Gasteiger partial charge in [0, 0.05) is 16.4 Å². The second-order valence-corrected chi connectivity index (χ2v) is 6.45. The monoisotopic (exact) mass is 426 g/mol. The Labute approximate surface area is 166 Å². The lowest BCUT2D eigenvalue weighted by Crippen LogP contribution is -2.24. The number of anilines is 1. The summed E-state index contributed by atoms with van der Waals surface area (Å²) in [6.07, 6.45) is 3.53. The van der Waals surface area contributed by atoms with Gasteiger partial charge in [-0.25, -0.2) is 10.2 Å². The van der Waals surface area contributed by atoms with E-state index in [2.05, 4.69) is 31.8 Å². The number of nitrogens with one attached hydrogen (secondary N) is 2. The molecule has 6 nitrogen and oxygen atoms in total. The molecule has 3 rings (SSSR count). The zero-order valence-corrected chi connectivity index (χ0v) is 16.3. The molecule has 2 N–H and O–H groups in total. The van der Waals surface area contributed by atoms with E-state index in [1.165, 1.54) is 0 Å². The first-order valence-electron chi connectivity index (χ1n) is 8.42. The van der Waals surface area contributed by atoms with Gasteiger partial charge in [-0.3, -0.25) is 0 Å². The molecule has 0 saturated carbocycles. The van der Waals surface area contributed by atoms with Crippen molar-refractivity contribution in [1.29, 1.82) is 0 Å². The SMILES string of the molecule is CCOc1ccccc1NC(=O)N/N=C/c1cccn1-c1ccc(Br)cc1. The number of ether oxygens (including phenoxy) is 1. The van der Waals surface area contributed by atoms with Crippen LogP contribution in [0.5, 0.6) is 5.75 Å². The Bertz CT molecular complexity index is 935. The Kier molecular flexibility index (Phi) is 6.27. The van der Waals surface area contributed by atoms with Crippen LogP contribution in [0.3, 0.4) is 0 Å². The first-order chi connectivity index (χ1) is 13.2. The smallest absolute Gasteiger partial charge is 0.339 e. The standard InChI is InChI=1S/C20H19BrN4O2/c1-2-27-19-8-4-3-7-18(19)23-20(26)24-22-14-17-6-5-13-25(17)16-11-9-15(21)10-12-16/h3-14H,2H2,1H3,(H2,23,24,26)/b22-14+. The number of aromatic nitrogens is 1. The average Bonchev–Trinajstić information content (AvgIpc) is 3.13. The van der Waals surface area contributed by atoms with Gasteiger partial charge in [-0.2, -0.15) is 5.10 Å². The van der Waals surface area contributed by atoms with Crippen molar-refractivity contribution >= 4 is 33.9 Å². The van der Waals surface area contributed by atoms with Gasteiger partial charge in [0.1, 0.15) is 5.75 Å². The Morgan fingerprint density at radius 2 is 1.93 bits per heavy atom. The van der Waals surface area contributed by atoms with Gasteiger partial charge in [0.25, 0.3) is 0 Å². The van der Waals surface area contributed by atoms with E-state index in [0.717, 1.165) is 15.9 Å². The summed E-state index contributed by atoms with van der Waals surface area (Å²) in [6.45, 7) is 2.41. The highest BCUT2D eigenvalue weighted by Gasteiger charge is 2.06. The van der Waals surface area contributed by atoms with Crippen molar-refractivity contribution in [3.05, 3.63) is 77.0 Å². The molecule has 0 atom stereocenters. The van der Waals surface area contributed by atoms with Crippen LogP contribution in [-0.4, -0.2) is 23.4 Å². The van der Waals surface area contributed by atoms with E-state index in [4.69, 9.17) is 4.74 Å². The maximum atomic E-state index is 12.1. The van der Waals surface area contributed by atoms with Crippen LogP contribution in [0, 0.1) is 0 Å². The molecule has 0 bridgehead atoms. The fourth-order valence-electron chi connectivity index (χ4n) is 2.49. The van der Waals surface area contributed by atoms with Gasteiger partial charge in [-0.05, 0) is 55.5 Å². The third-order valence-corrected chi connectivity index (χ3v) is 4.21. The van der Waals surface area contributed by atoms with E-state index in [1.807, 2.05) is 66.2 Å². The zero-order chi connectivity index (χ0) is 19.1. The van der Waals surface area contributed by atoms with Crippen molar-refractivity contribution in [3.8, 4) is 11.4 Å². The first-order valence-corrected chi connectivity index (χ1v) is 9.22. The molecule has 0 spiro atoms. The summed E-state index contributed by atoms with van der Waals surface area (Å²) in [5.74, 6) is 0.614. The molecule has 0 radical (unpaired) electrons. The molecule has 1 heterocycles. The predicted molar refractivity (Wildman–Crippen MR) is 111 cm³/mol. The molecule has 0 aliphatic carbocycles. The number of carbonyl (C=O) groups is 1. The summed E-state index contributed by atoms with van der Waals surface area (Å²) in [6, 6.07) is 18.6. The van der Waals surface area contributed by atoms with Crippen molar-refractivity contribution < 1.29 is 9.53 Å². The van der Waals surface area contributed by atoms with Crippen molar-refractivity contribution in [2.75, 3.05) is 11.9 Å². The number of hydrazone groups is 1. The van der Waals surface area contributed by atoms with Crippen LogP contribution in [0.1, 0.15) is 12.6 Å². The highest BCUT2D eigenvalue weighted by atomic mass is 79.9. The number of hydrogen-bond donors (Lipinski definition) is 2. The second-order valence-electron chi connectivity index (χ2n) is 5.53. The Hall–Kier alpha value is -3.06. The number of amides is 2. The summed E-state index contributed by atoms with van der Waals surface area (Å²) in [5.41, 5.74) is 4.90. The Balaban J connectivity index is 1.64. The van der Waals surface area contributed by atoms with Crippen molar-refractivity contribution in [2.24, 2.45) is 5.10 Å². The summed E-state index contributed by atoms with van der Waals surface area (Å²) < 4.78 is 8.47. The molecule has 0 fully saturated rings. The molecule has 2 aromatic carbocycles. The molecule has 0 saturated heterocycles. The number of para-hydroxylation sites is 2. The number of rotatable bonds is 6. The van der Waals surface area contributed by atoms with Crippen LogP contribution in [-0.2, 0) is 0 Å². The van der Waals surface area contributed by atoms with E-state index in [0.29, 0.717) is 18.0 Å². The van der Waals surface area contributed by atoms with Crippen LogP contribution < -0.4 is 15.5 Å². The lowest BCUT2D eigenvalue weighted by molar-refractivity contribution is 0.252. The van der Waals surface area contributed by atoms with Gasteiger partial charge in [-0.1, -0.05) is 28.1 Å².